The predicted molar refractivity (Wildman–Crippen MR) is 100 cm³/mol. The summed E-state index contributed by atoms with van der Waals surface area (Å²) >= 11 is 11.4. The molecule has 0 radical (unpaired) electrons. The number of benzene rings is 2. The second kappa shape index (κ2) is 6.63. The van der Waals surface area contributed by atoms with Gasteiger partial charge in [0, 0.05) is 0 Å². The largest absolute Gasteiger partial charge is 0.495 e. The molecule has 2 aromatic carbocycles. The van der Waals surface area contributed by atoms with Crippen molar-refractivity contribution in [3.05, 3.63) is 64.3 Å². The maximum atomic E-state index is 12.7. The van der Waals surface area contributed by atoms with Crippen LogP contribution < -0.4 is 15.0 Å². The zero-order valence-electron chi connectivity index (χ0n) is 13.2. The van der Waals surface area contributed by atoms with Crippen molar-refractivity contribution in [2.75, 3.05) is 12.0 Å². The first-order valence-corrected chi connectivity index (χ1v) is 8.05. The van der Waals surface area contributed by atoms with Gasteiger partial charge in [-0.2, -0.15) is 0 Å². The number of carbonyl (C=O) groups is 1. The highest BCUT2D eigenvalue weighted by Gasteiger charge is 2.32. The third kappa shape index (κ3) is 3.13. The van der Waals surface area contributed by atoms with Crippen LogP contribution in [-0.2, 0) is 4.79 Å². The van der Waals surface area contributed by atoms with Crippen LogP contribution in [0.1, 0.15) is 11.1 Å². The van der Waals surface area contributed by atoms with Gasteiger partial charge in [0.2, 0.25) is 0 Å². The van der Waals surface area contributed by atoms with E-state index in [0.717, 1.165) is 11.1 Å². The number of hydrogen-bond donors (Lipinski definition) is 1. The van der Waals surface area contributed by atoms with E-state index in [4.69, 9.17) is 28.6 Å². The minimum absolute atomic E-state index is 0.221. The molecule has 1 saturated heterocycles. The van der Waals surface area contributed by atoms with Crippen LogP contribution in [0.2, 0.25) is 5.02 Å². The summed E-state index contributed by atoms with van der Waals surface area (Å²) in [6.45, 7) is 2.01. The van der Waals surface area contributed by atoms with Gasteiger partial charge in [0.05, 0.1) is 17.8 Å². The van der Waals surface area contributed by atoms with Gasteiger partial charge in [-0.05, 0) is 49.0 Å². The molecule has 0 atom stereocenters. The lowest BCUT2D eigenvalue weighted by Gasteiger charge is -2.15. The van der Waals surface area contributed by atoms with Crippen LogP contribution >= 0.6 is 23.8 Å². The highest BCUT2D eigenvalue weighted by atomic mass is 35.5. The third-order valence-corrected chi connectivity index (χ3v) is 4.24. The first-order chi connectivity index (χ1) is 11.5. The Morgan fingerprint density at radius 1 is 1.21 bits per heavy atom. The summed E-state index contributed by atoms with van der Waals surface area (Å²) in [7, 11) is 1.54. The molecule has 4 nitrogen and oxygen atoms in total. The molecular formula is C18H15ClN2O2S. The first kappa shape index (κ1) is 16.5. The van der Waals surface area contributed by atoms with Gasteiger partial charge in [-0.1, -0.05) is 41.4 Å². The quantitative estimate of drug-likeness (QED) is 0.667. The maximum Gasteiger partial charge on any atom is 0.281 e. The third-order valence-electron chi connectivity index (χ3n) is 3.66. The molecule has 1 amide bonds. The topological polar surface area (TPSA) is 41.6 Å². The number of hydrogen-bond acceptors (Lipinski definition) is 3. The Labute approximate surface area is 150 Å². The Hall–Kier alpha value is -2.37. The van der Waals surface area contributed by atoms with Gasteiger partial charge in [0.1, 0.15) is 11.4 Å². The van der Waals surface area contributed by atoms with Crippen molar-refractivity contribution in [2.45, 2.75) is 6.92 Å². The van der Waals surface area contributed by atoms with Crippen LogP contribution in [0.3, 0.4) is 0 Å². The predicted octanol–water partition coefficient (Wildman–Crippen LogP) is 3.92. The summed E-state index contributed by atoms with van der Waals surface area (Å²) in [4.78, 5) is 14.1. The summed E-state index contributed by atoms with van der Waals surface area (Å²) in [6.07, 6.45) is 1.78. The number of thiocarbonyl (C=S) groups is 1. The molecule has 1 aliphatic rings. The second-order valence-electron chi connectivity index (χ2n) is 5.36. The van der Waals surface area contributed by atoms with Gasteiger partial charge in [0.25, 0.3) is 5.91 Å². The molecule has 0 bridgehead atoms. The number of amides is 1. The normalized spacial score (nSPS) is 15.8. The molecule has 1 N–H and O–H groups in total. The van der Waals surface area contributed by atoms with E-state index in [9.17, 15) is 4.79 Å². The van der Waals surface area contributed by atoms with E-state index in [1.165, 1.54) is 12.0 Å². The van der Waals surface area contributed by atoms with Crippen LogP contribution in [0, 0.1) is 6.92 Å². The number of halogens is 1. The smallest absolute Gasteiger partial charge is 0.281 e. The Kier molecular flexibility index (Phi) is 4.55. The molecule has 0 saturated carbocycles. The summed E-state index contributed by atoms with van der Waals surface area (Å²) in [5.74, 6) is 0.322. The standard InChI is InChI=1S/C18H15ClN2O2S/c1-11-3-5-12(6-4-11)9-15-17(22)21(18(24)20-15)13-7-8-16(23-2)14(19)10-13/h3-10H,1-2H3,(H,20,24). The van der Waals surface area contributed by atoms with Gasteiger partial charge in [-0.15, -0.1) is 0 Å². The fourth-order valence-electron chi connectivity index (χ4n) is 2.39. The number of aryl methyl sites for hydroxylation is 1. The van der Waals surface area contributed by atoms with Crippen LogP contribution in [0.5, 0.6) is 5.75 Å². The van der Waals surface area contributed by atoms with Crippen LogP contribution in [0.25, 0.3) is 6.08 Å². The van der Waals surface area contributed by atoms with E-state index in [-0.39, 0.29) is 5.91 Å². The number of nitrogens with zero attached hydrogens (tertiary/aromatic N) is 1. The van der Waals surface area contributed by atoms with Crippen LogP contribution in [0.4, 0.5) is 5.69 Å². The summed E-state index contributed by atoms with van der Waals surface area (Å²) in [5.41, 5.74) is 3.10. The molecule has 2 aromatic rings. The minimum Gasteiger partial charge on any atom is -0.495 e. The molecule has 0 unspecified atom stereocenters. The zero-order valence-corrected chi connectivity index (χ0v) is 14.7. The molecule has 122 valence electrons. The Morgan fingerprint density at radius 2 is 1.92 bits per heavy atom. The fraction of sp³-hybridized carbons (Fsp3) is 0.111. The second-order valence-corrected chi connectivity index (χ2v) is 6.15. The summed E-state index contributed by atoms with van der Waals surface area (Å²) in [6, 6.07) is 13.0. The van der Waals surface area contributed by atoms with Crippen molar-refractivity contribution in [2.24, 2.45) is 0 Å². The molecule has 1 fully saturated rings. The molecule has 1 heterocycles. The molecule has 3 rings (SSSR count). The molecule has 0 aromatic heterocycles. The van der Waals surface area contributed by atoms with Crippen molar-refractivity contribution in [3.63, 3.8) is 0 Å². The molecule has 0 spiro atoms. The lowest BCUT2D eigenvalue weighted by molar-refractivity contribution is -0.113. The number of ether oxygens (including phenoxy) is 1. The fourth-order valence-corrected chi connectivity index (χ4v) is 2.94. The number of carbonyl (C=O) groups excluding carboxylic acids is 1. The molecule has 1 aliphatic heterocycles. The first-order valence-electron chi connectivity index (χ1n) is 7.27. The monoisotopic (exact) mass is 358 g/mol. The SMILES string of the molecule is COc1ccc(N2C(=O)C(=Cc3ccc(C)cc3)NC2=S)cc1Cl. The minimum atomic E-state index is -0.221. The summed E-state index contributed by atoms with van der Waals surface area (Å²) < 4.78 is 5.13. The zero-order chi connectivity index (χ0) is 17.3. The average molecular weight is 359 g/mol. The lowest BCUT2D eigenvalue weighted by Crippen LogP contribution is -2.30. The summed E-state index contributed by atoms with van der Waals surface area (Å²) in [5, 5.41) is 3.70. The molecule has 6 heteroatoms. The average Bonchev–Trinajstić information content (AvgIpc) is 2.83. The van der Waals surface area contributed by atoms with Gasteiger partial charge < -0.3 is 10.1 Å². The van der Waals surface area contributed by atoms with E-state index in [0.29, 0.717) is 27.3 Å². The Balaban J connectivity index is 1.91. The molecule has 0 aliphatic carbocycles. The van der Waals surface area contributed by atoms with Crippen molar-refractivity contribution in [1.29, 1.82) is 0 Å². The number of nitrogens with one attached hydrogen (secondary N) is 1. The number of rotatable bonds is 3. The van der Waals surface area contributed by atoms with Gasteiger partial charge >= 0.3 is 0 Å². The van der Waals surface area contributed by atoms with E-state index in [1.54, 1.807) is 24.3 Å². The molecule has 24 heavy (non-hydrogen) atoms. The Bertz CT molecular complexity index is 847. The van der Waals surface area contributed by atoms with Gasteiger partial charge in [0.15, 0.2) is 5.11 Å². The van der Waals surface area contributed by atoms with E-state index in [1.807, 2.05) is 31.2 Å². The van der Waals surface area contributed by atoms with E-state index < -0.39 is 0 Å². The maximum absolute atomic E-state index is 12.7. The van der Waals surface area contributed by atoms with Crippen LogP contribution in [0.15, 0.2) is 48.2 Å². The van der Waals surface area contributed by atoms with Crippen molar-refractivity contribution in [1.82, 2.24) is 5.32 Å². The van der Waals surface area contributed by atoms with Crippen molar-refractivity contribution >= 4 is 46.6 Å². The van der Waals surface area contributed by atoms with Crippen molar-refractivity contribution in [3.8, 4) is 5.75 Å². The number of methoxy groups -OCH3 is 1. The van der Waals surface area contributed by atoms with Gasteiger partial charge in [-0.25, -0.2) is 0 Å². The molecular weight excluding hydrogens is 344 g/mol. The highest BCUT2D eigenvalue weighted by Crippen LogP contribution is 2.31. The van der Waals surface area contributed by atoms with E-state index >= 15 is 0 Å². The van der Waals surface area contributed by atoms with Crippen LogP contribution in [-0.4, -0.2) is 18.1 Å². The van der Waals surface area contributed by atoms with Gasteiger partial charge in [-0.3, -0.25) is 9.69 Å². The number of anilines is 1. The Morgan fingerprint density at radius 3 is 2.54 bits per heavy atom. The highest BCUT2D eigenvalue weighted by molar-refractivity contribution is 7.80. The van der Waals surface area contributed by atoms with Crippen molar-refractivity contribution < 1.29 is 9.53 Å². The lowest BCUT2D eigenvalue weighted by atomic mass is 10.1. The van der Waals surface area contributed by atoms with E-state index in [2.05, 4.69) is 5.32 Å².